The lowest BCUT2D eigenvalue weighted by molar-refractivity contribution is -0.184. The monoisotopic (exact) mass is 632 g/mol. The number of ether oxygens (including phenoxy) is 2. The van der Waals surface area contributed by atoms with Gasteiger partial charge in [0.05, 0.1) is 31.0 Å². The number of hydrogen-bond donors (Lipinski definition) is 2. The zero-order chi connectivity index (χ0) is 32.1. The molecule has 5 rings (SSSR count). The van der Waals surface area contributed by atoms with Crippen molar-refractivity contribution in [2.24, 2.45) is 0 Å². The molecule has 45 heavy (non-hydrogen) atoms. The number of carboxylic acid groups (broad SMARTS) is 1. The van der Waals surface area contributed by atoms with E-state index in [4.69, 9.17) is 24.7 Å². The Morgan fingerprint density at radius 2 is 1.96 bits per heavy atom. The van der Waals surface area contributed by atoms with Gasteiger partial charge in [-0.1, -0.05) is 30.3 Å². The highest BCUT2D eigenvalue weighted by Crippen LogP contribution is 2.37. The van der Waals surface area contributed by atoms with Crippen LogP contribution in [0.3, 0.4) is 0 Å². The Hall–Kier alpha value is -3.75. The third-order valence-electron chi connectivity index (χ3n) is 8.08. The zero-order valence-electron chi connectivity index (χ0n) is 25.4. The maximum absolute atomic E-state index is 14.2. The molecule has 3 heterocycles. The Bertz CT molecular complexity index is 1470. The summed E-state index contributed by atoms with van der Waals surface area (Å²) in [4.78, 5) is 33.6. The van der Waals surface area contributed by atoms with Gasteiger partial charge < -0.3 is 24.8 Å². The number of morpholine rings is 1. The van der Waals surface area contributed by atoms with E-state index >= 15 is 0 Å². The number of carbonyl (C=O) groups excluding carboxylic acids is 1. The first-order chi connectivity index (χ1) is 21.5. The number of aryl methyl sites for hydroxylation is 2. The largest absolute Gasteiger partial charge is 0.465 e. The minimum atomic E-state index is -4.43. The standard InChI is InChI=1S/C31H39F3N6O5/c1-20-9-12-25-27(37-39(28(25)36-20)14-6-13-35-30(42)43)21(2)40(23-10-11-23)29(41)26-16-38(15-22-7-4-3-5-8-22)24(18-45-26)17-44-19-31(32,33)34/h3-5,7-9,12,21,23-24,26,35H,6,10-11,13-19H2,1-2H3,(H,42,43)/t21-,24+,26-/m1/s1. The molecule has 2 aliphatic rings. The number of alkyl halides is 3. The topological polar surface area (TPSA) is 122 Å². The number of aromatic nitrogens is 3. The molecule has 3 atom stereocenters. The summed E-state index contributed by atoms with van der Waals surface area (Å²) in [6.45, 7) is 3.70. The number of hydrogen-bond acceptors (Lipinski definition) is 7. The van der Waals surface area contributed by atoms with Gasteiger partial charge in [-0.25, -0.2) is 14.5 Å². The van der Waals surface area contributed by atoms with Crippen molar-refractivity contribution in [3.8, 4) is 0 Å². The molecule has 1 aromatic carbocycles. The molecule has 0 radical (unpaired) electrons. The van der Waals surface area contributed by atoms with E-state index in [2.05, 4.69) is 5.32 Å². The maximum atomic E-state index is 14.2. The summed E-state index contributed by atoms with van der Waals surface area (Å²) in [5.41, 5.74) is 3.14. The van der Waals surface area contributed by atoms with Crippen LogP contribution in [-0.4, -0.2) is 98.9 Å². The van der Waals surface area contributed by atoms with Crippen molar-refractivity contribution >= 4 is 23.0 Å². The van der Waals surface area contributed by atoms with Gasteiger partial charge in [-0.15, -0.1) is 0 Å². The van der Waals surface area contributed by atoms with Gasteiger partial charge in [-0.3, -0.25) is 9.69 Å². The average Bonchev–Trinajstić information content (AvgIpc) is 3.76. The lowest BCUT2D eigenvalue weighted by Gasteiger charge is -2.41. The molecule has 0 unspecified atom stereocenters. The fourth-order valence-corrected chi connectivity index (χ4v) is 5.77. The van der Waals surface area contributed by atoms with Gasteiger partial charge in [0, 0.05) is 43.3 Å². The molecule has 0 bridgehead atoms. The van der Waals surface area contributed by atoms with Crippen LogP contribution in [0.25, 0.3) is 11.0 Å². The minimum absolute atomic E-state index is 0.0184. The van der Waals surface area contributed by atoms with Crippen molar-refractivity contribution in [2.75, 3.05) is 32.9 Å². The smallest absolute Gasteiger partial charge is 0.411 e. The molecule has 1 saturated heterocycles. The molecule has 2 aromatic heterocycles. The fourth-order valence-electron chi connectivity index (χ4n) is 5.77. The average molecular weight is 633 g/mol. The second-order valence-corrected chi connectivity index (χ2v) is 11.7. The number of carbonyl (C=O) groups is 2. The van der Waals surface area contributed by atoms with Crippen molar-refractivity contribution < 1.29 is 37.3 Å². The number of fused-ring (bicyclic) bond motifs is 1. The molecule has 0 spiro atoms. The predicted molar refractivity (Wildman–Crippen MR) is 158 cm³/mol. The normalized spacial score (nSPS) is 19.8. The molecule has 1 aliphatic carbocycles. The SMILES string of the molecule is Cc1ccc2c([C@@H](C)N(C(=O)[C@H]3CN(Cc4ccccc4)[C@@H](COCC(F)(F)F)CO3)C3CC3)nn(CCCNC(=O)O)c2n1. The molecule has 244 valence electrons. The minimum Gasteiger partial charge on any atom is -0.465 e. The summed E-state index contributed by atoms with van der Waals surface area (Å²) in [6, 6.07) is 12.6. The number of nitrogens with one attached hydrogen (secondary N) is 1. The van der Waals surface area contributed by atoms with Crippen LogP contribution >= 0.6 is 0 Å². The van der Waals surface area contributed by atoms with E-state index in [1.54, 1.807) is 4.68 Å². The molecule has 1 saturated carbocycles. The van der Waals surface area contributed by atoms with Gasteiger partial charge in [0.15, 0.2) is 5.65 Å². The Labute approximate surface area is 259 Å². The van der Waals surface area contributed by atoms with Gasteiger partial charge in [-0.2, -0.15) is 18.3 Å². The van der Waals surface area contributed by atoms with Crippen molar-refractivity contribution in [1.29, 1.82) is 0 Å². The van der Waals surface area contributed by atoms with E-state index in [0.29, 0.717) is 30.9 Å². The first-order valence-corrected chi connectivity index (χ1v) is 15.2. The highest BCUT2D eigenvalue weighted by Gasteiger charge is 2.43. The summed E-state index contributed by atoms with van der Waals surface area (Å²) in [7, 11) is 0. The van der Waals surface area contributed by atoms with E-state index in [0.717, 1.165) is 29.5 Å². The number of halogens is 3. The summed E-state index contributed by atoms with van der Waals surface area (Å²) in [5, 5.41) is 16.9. The molecule has 11 nitrogen and oxygen atoms in total. The van der Waals surface area contributed by atoms with Gasteiger partial charge >= 0.3 is 12.3 Å². The third-order valence-corrected chi connectivity index (χ3v) is 8.08. The van der Waals surface area contributed by atoms with Gasteiger partial charge in [0.1, 0.15) is 12.7 Å². The first kappa shape index (κ1) is 32.6. The van der Waals surface area contributed by atoms with Crippen LogP contribution in [0.5, 0.6) is 0 Å². The molecular weight excluding hydrogens is 593 g/mol. The summed E-state index contributed by atoms with van der Waals surface area (Å²) in [6.07, 6.45) is -4.12. The molecule has 2 fully saturated rings. The number of pyridine rings is 1. The molecule has 2 N–H and O–H groups in total. The highest BCUT2D eigenvalue weighted by molar-refractivity contribution is 5.84. The summed E-state index contributed by atoms with van der Waals surface area (Å²) >= 11 is 0. The number of rotatable bonds is 13. The summed E-state index contributed by atoms with van der Waals surface area (Å²) in [5.74, 6) is -0.189. The van der Waals surface area contributed by atoms with Crippen LogP contribution in [0.4, 0.5) is 18.0 Å². The van der Waals surface area contributed by atoms with E-state index in [1.807, 2.05) is 66.1 Å². The second-order valence-electron chi connectivity index (χ2n) is 11.7. The molecule has 14 heteroatoms. The van der Waals surface area contributed by atoms with Crippen LogP contribution in [0.15, 0.2) is 42.5 Å². The van der Waals surface area contributed by atoms with Gasteiger partial charge in [0.2, 0.25) is 0 Å². The zero-order valence-corrected chi connectivity index (χ0v) is 25.4. The molecule has 1 aliphatic heterocycles. The van der Waals surface area contributed by atoms with Gasteiger partial charge in [-0.05, 0) is 50.8 Å². The Morgan fingerprint density at radius 1 is 1.20 bits per heavy atom. The van der Waals surface area contributed by atoms with Crippen LogP contribution in [0, 0.1) is 6.92 Å². The van der Waals surface area contributed by atoms with E-state index in [9.17, 15) is 22.8 Å². The lowest BCUT2D eigenvalue weighted by atomic mass is 10.1. The third kappa shape index (κ3) is 8.50. The summed E-state index contributed by atoms with van der Waals surface area (Å²) < 4.78 is 51.2. The highest BCUT2D eigenvalue weighted by atomic mass is 19.4. The Kier molecular flexibility index (Phi) is 10.2. The van der Waals surface area contributed by atoms with Crippen LogP contribution in [0.2, 0.25) is 0 Å². The van der Waals surface area contributed by atoms with Crippen molar-refractivity contribution in [1.82, 2.24) is 29.9 Å². The van der Waals surface area contributed by atoms with Crippen LogP contribution in [0.1, 0.15) is 49.2 Å². The predicted octanol–water partition coefficient (Wildman–Crippen LogP) is 4.30. The second kappa shape index (κ2) is 14.1. The number of amides is 2. The van der Waals surface area contributed by atoms with Crippen molar-refractivity contribution in [3.05, 3.63) is 59.4 Å². The van der Waals surface area contributed by atoms with Crippen molar-refractivity contribution in [2.45, 2.75) is 76.6 Å². The quantitative estimate of drug-likeness (QED) is 0.268. The van der Waals surface area contributed by atoms with E-state index in [-0.39, 0.29) is 38.3 Å². The van der Waals surface area contributed by atoms with E-state index in [1.165, 1.54) is 0 Å². The Morgan fingerprint density at radius 3 is 2.64 bits per heavy atom. The van der Waals surface area contributed by atoms with Crippen LogP contribution < -0.4 is 5.32 Å². The number of nitrogens with zero attached hydrogens (tertiary/aromatic N) is 5. The molecule has 3 aromatic rings. The van der Waals surface area contributed by atoms with E-state index < -0.39 is 37.1 Å². The first-order valence-electron chi connectivity index (χ1n) is 15.2. The lowest BCUT2D eigenvalue weighted by Crippen LogP contribution is -2.56. The fraction of sp³-hybridized carbons (Fsp3) is 0.548. The molecule has 2 amide bonds. The van der Waals surface area contributed by atoms with Crippen LogP contribution in [-0.2, 0) is 27.4 Å². The number of benzene rings is 1. The van der Waals surface area contributed by atoms with Gasteiger partial charge in [0.25, 0.3) is 5.91 Å². The molecular formula is C31H39F3N6O5. The van der Waals surface area contributed by atoms with Crippen molar-refractivity contribution in [3.63, 3.8) is 0 Å². The Balaban J connectivity index is 1.35. The maximum Gasteiger partial charge on any atom is 0.411 e.